The van der Waals surface area contributed by atoms with E-state index in [0.29, 0.717) is 6.61 Å². The monoisotopic (exact) mass is 365 g/mol. The van der Waals surface area contributed by atoms with Crippen LogP contribution in [0.4, 0.5) is 0 Å². The lowest BCUT2D eigenvalue weighted by molar-refractivity contribution is -0.00000422. The van der Waals surface area contributed by atoms with E-state index >= 15 is 0 Å². The van der Waals surface area contributed by atoms with Crippen LogP contribution < -0.4 is 28.7 Å². The summed E-state index contributed by atoms with van der Waals surface area (Å²) in [6, 6.07) is 14.0. The normalized spacial score (nSPS) is 10.2. The Morgan fingerprint density at radius 1 is 1.11 bits per heavy atom. The Kier molecular flexibility index (Phi) is 4.42. The van der Waals surface area contributed by atoms with Crippen LogP contribution in [0.5, 0.6) is 5.75 Å². The lowest BCUT2D eigenvalue weighted by atomic mass is 10.1. The van der Waals surface area contributed by atoms with Crippen molar-refractivity contribution >= 4 is 5.65 Å². The number of hydrogen-bond donors (Lipinski definition) is 0. The van der Waals surface area contributed by atoms with Crippen molar-refractivity contribution in [1.82, 2.24) is 9.38 Å². The number of para-hydroxylation sites is 1. The molecule has 0 spiro atoms. The maximum absolute atomic E-state index is 5.64. The topological polar surface area (TPSA) is 26.5 Å². The number of ether oxygens (including phenoxy) is 1. The van der Waals surface area contributed by atoms with Crippen molar-refractivity contribution in [2.45, 2.75) is 6.92 Å². The van der Waals surface area contributed by atoms with E-state index in [1.54, 1.807) is 0 Å². The number of aromatic nitrogens is 2. The average molecular weight is 365 g/mol. The summed E-state index contributed by atoms with van der Waals surface area (Å²) in [5.41, 5.74) is 2.91. The summed E-state index contributed by atoms with van der Waals surface area (Å²) in [5, 5.41) is 0. The third-order valence-electron chi connectivity index (χ3n) is 2.83. The van der Waals surface area contributed by atoms with Gasteiger partial charge in [0.05, 0.1) is 12.3 Å². The zero-order valence-corrected chi connectivity index (χ0v) is 12.7. The molecule has 3 rings (SSSR count). The SMILES string of the molecule is CCOc1ccccc1-c1cn2ccccc2n1.[I-]. The molecule has 0 unspecified atom stereocenters. The molecule has 19 heavy (non-hydrogen) atoms. The summed E-state index contributed by atoms with van der Waals surface area (Å²) in [7, 11) is 0. The molecule has 0 amide bonds. The summed E-state index contributed by atoms with van der Waals surface area (Å²) < 4.78 is 7.65. The van der Waals surface area contributed by atoms with Crippen molar-refractivity contribution in [2.24, 2.45) is 0 Å². The van der Waals surface area contributed by atoms with Crippen LogP contribution in [-0.2, 0) is 0 Å². The fraction of sp³-hybridized carbons (Fsp3) is 0.133. The maximum atomic E-state index is 5.64. The number of pyridine rings is 1. The second kappa shape index (κ2) is 6.06. The van der Waals surface area contributed by atoms with Crippen molar-refractivity contribution in [3.63, 3.8) is 0 Å². The molecule has 0 atom stereocenters. The molecule has 0 N–H and O–H groups in total. The lowest BCUT2D eigenvalue weighted by Crippen LogP contribution is -3.00. The van der Waals surface area contributed by atoms with Gasteiger partial charge in [-0.25, -0.2) is 4.98 Å². The molecule has 4 heteroatoms. The highest BCUT2D eigenvalue weighted by Gasteiger charge is 2.09. The van der Waals surface area contributed by atoms with Crippen LogP contribution in [0.15, 0.2) is 54.9 Å². The third-order valence-corrected chi connectivity index (χ3v) is 2.83. The first-order chi connectivity index (χ1) is 8.88. The molecule has 0 aliphatic heterocycles. The van der Waals surface area contributed by atoms with E-state index in [0.717, 1.165) is 22.7 Å². The molecular formula is C15H14IN2O-. The summed E-state index contributed by atoms with van der Waals surface area (Å²) in [6.45, 7) is 2.64. The van der Waals surface area contributed by atoms with Gasteiger partial charge in [-0.2, -0.15) is 0 Å². The number of hydrogen-bond acceptors (Lipinski definition) is 2. The van der Waals surface area contributed by atoms with Crippen LogP contribution in [0.1, 0.15) is 6.92 Å². The fourth-order valence-corrected chi connectivity index (χ4v) is 2.02. The molecule has 0 saturated heterocycles. The van der Waals surface area contributed by atoms with Gasteiger partial charge in [0, 0.05) is 18.0 Å². The molecule has 2 heterocycles. The van der Waals surface area contributed by atoms with Gasteiger partial charge in [0.2, 0.25) is 0 Å². The van der Waals surface area contributed by atoms with E-state index in [4.69, 9.17) is 4.74 Å². The summed E-state index contributed by atoms with van der Waals surface area (Å²) in [5.74, 6) is 0.878. The predicted molar refractivity (Wildman–Crippen MR) is 71.8 cm³/mol. The molecule has 0 bridgehead atoms. The van der Waals surface area contributed by atoms with Crippen molar-refractivity contribution in [1.29, 1.82) is 0 Å². The minimum atomic E-state index is 0. The quantitative estimate of drug-likeness (QED) is 0.629. The average Bonchev–Trinajstić information content (AvgIpc) is 2.83. The Morgan fingerprint density at radius 3 is 2.68 bits per heavy atom. The molecule has 0 aliphatic carbocycles. The number of fused-ring (bicyclic) bond motifs is 1. The summed E-state index contributed by atoms with van der Waals surface area (Å²) in [4.78, 5) is 4.61. The fourth-order valence-electron chi connectivity index (χ4n) is 2.02. The van der Waals surface area contributed by atoms with Crippen LogP contribution in [0.2, 0.25) is 0 Å². The van der Waals surface area contributed by atoms with E-state index < -0.39 is 0 Å². The highest BCUT2D eigenvalue weighted by molar-refractivity contribution is 5.69. The highest BCUT2D eigenvalue weighted by Crippen LogP contribution is 2.29. The van der Waals surface area contributed by atoms with Gasteiger partial charge in [0.25, 0.3) is 0 Å². The standard InChI is InChI=1S/C15H14N2O.HI/c1-2-18-14-8-4-3-7-12(14)13-11-17-10-6-5-9-15(17)16-13;/h3-11H,2H2,1H3;1H/p-1. The van der Waals surface area contributed by atoms with Gasteiger partial charge >= 0.3 is 0 Å². The maximum Gasteiger partial charge on any atom is 0.137 e. The van der Waals surface area contributed by atoms with Gasteiger partial charge in [-0.1, -0.05) is 18.2 Å². The Morgan fingerprint density at radius 2 is 1.89 bits per heavy atom. The first kappa shape index (κ1) is 13.9. The Bertz CT molecular complexity index is 645. The molecule has 3 nitrogen and oxygen atoms in total. The van der Waals surface area contributed by atoms with Crippen LogP contribution in [0, 0.1) is 0 Å². The molecular weight excluding hydrogens is 351 g/mol. The Balaban J connectivity index is 0.00000133. The van der Waals surface area contributed by atoms with Crippen LogP contribution in [-0.4, -0.2) is 16.0 Å². The summed E-state index contributed by atoms with van der Waals surface area (Å²) in [6.07, 6.45) is 4.02. The number of rotatable bonds is 3. The van der Waals surface area contributed by atoms with Crippen molar-refractivity contribution < 1.29 is 28.7 Å². The van der Waals surface area contributed by atoms with Gasteiger partial charge < -0.3 is 33.1 Å². The van der Waals surface area contributed by atoms with E-state index in [1.807, 2.05) is 66.2 Å². The van der Waals surface area contributed by atoms with E-state index in [2.05, 4.69) is 4.98 Å². The first-order valence-corrected chi connectivity index (χ1v) is 6.04. The number of benzene rings is 1. The lowest BCUT2D eigenvalue weighted by Gasteiger charge is -2.07. The van der Waals surface area contributed by atoms with Crippen LogP contribution in [0.25, 0.3) is 16.9 Å². The Hall–Kier alpha value is -1.56. The molecule has 1 aromatic carbocycles. The third kappa shape index (κ3) is 2.73. The van der Waals surface area contributed by atoms with Crippen LogP contribution in [0.3, 0.4) is 0 Å². The Labute approximate surface area is 129 Å². The van der Waals surface area contributed by atoms with Gasteiger partial charge in [-0.15, -0.1) is 0 Å². The predicted octanol–water partition coefficient (Wildman–Crippen LogP) is 0.404. The van der Waals surface area contributed by atoms with E-state index in [-0.39, 0.29) is 24.0 Å². The zero-order valence-electron chi connectivity index (χ0n) is 10.6. The second-order valence-electron chi connectivity index (χ2n) is 4.02. The molecule has 0 fully saturated rings. The zero-order chi connectivity index (χ0) is 12.4. The van der Waals surface area contributed by atoms with Crippen molar-refractivity contribution in [2.75, 3.05) is 6.61 Å². The molecule has 0 saturated carbocycles. The highest BCUT2D eigenvalue weighted by atomic mass is 127. The minimum absolute atomic E-state index is 0. The van der Waals surface area contributed by atoms with Crippen molar-refractivity contribution in [3.05, 3.63) is 54.9 Å². The van der Waals surface area contributed by atoms with E-state index in [9.17, 15) is 0 Å². The van der Waals surface area contributed by atoms with Gasteiger partial charge in [0.1, 0.15) is 11.4 Å². The first-order valence-electron chi connectivity index (χ1n) is 6.04. The van der Waals surface area contributed by atoms with E-state index in [1.165, 1.54) is 0 Å². The molecule has 0 aliphatic rings. The largest absolute Gasteiger partial charge is 1.00 e. The summed E-state index contributed by atoms with van der Waals surface area (Å²) >= 11 is 0. The number of halogens is 1. The second-order valence-corrected chi connectivity index (χ2v) is 4.02. The smallest absolute Gasteiger partial charge is 0.137 e. The van der Waals surface area contributed by atoms with Gasteiger partial charge in [-0.3, -0.25) is 0 Å². The minimum Gasteiger partial charge on any atom is -1.00 e. The van der Waals surface area contributed by atoms with Crippen LogP contribution >= 0.6 is 0 Å². The molecule has 3 aromatic rings. The molecule has 2 aromatic heterocycles. The van der Waals surface area contributed by atoms with Gasteiger partial charge in [0.15, 0.2) is 0 Å². The number of nitrogens with zero attached hydrogens (tertiary/aromatic N) is 2. The molecule has 98 valence electrons. The molecule has 0 radical (unpaired) electrons. The number of imidazole rings is 1. The van der Waals surface area contributed by atoms with Crippen molar-refractivity contribution in [3.8, 4) is 17.0 Å². The van der Waals surface area contributed by atoms with Gasteiger partial charge in [-0.05, 0) is 31.2 Å².